The highest BCUT2D eigenvalue weighted by atomic mass is 35.5. The largest absolute Gasteiger partial charge is 0.573 e. The van der Waals surface area contributed by atoms with Crippen molar-refractivity contribution in [2.45, 2.75) is 17.7 Å². The molecule has 3 aromatic carbocycles. The molecule has 12 heteroatoms. The molecule has 0 aliphatic heterocycles. The van der Waals surface area contributed by atoms with Gasteiger partial charge in [0.15, 0.2) is 9.84 Å². The zero-order chi connectivity index (χ0) is 25.4. The van der Waals surface area contributed by atoms with Gasteiger partial charge in [0.2, 0.25) is 0 Å². The van der Waals surface area contributed by atoms with Crippen molar-refractivity contribution in [2.24, 2.45) is 0 Å². The predicted molar refractivity (Wildman–Crippen MR) is 126 cm³/mol. The van der Waals surface area contributed by atoms with Crippen LogP contribution in [0.25, 0.3) is 22.2 Å². The lowest BCUT2D eigenvalue weighted by Crippen LogP contribution is -2.17. The van der Waals surface area contributed by atoms with Crippen molar-refractivity contribution < 1.29 is 30.7 Å². The van der Waals surface area contributed by atoms with Gasteiger partial charge in [-0.2, -0.15) is 0 Å². The summed E-state index contributed by atoms with van der Waals surface area (Å²) in [5.74, 6) is -0.578. The lowest BCUT2D eigenvalue weighted by molar-refractivity contribution is -0.274. The number of para-hydroxylation sites is 1. The molecule has 0 radical (unpaired) electrons. The number of aromatic amines is 1. The molecule has 0 aliphatic carbocycles. The molecule has 1 N–H and O–H groups in total. The molecule has 0 spiro atoms. The van der Waals surface area contributed by atoms with Crippen LogP contribution in [0.2, 0.25) is 10.0 Å². The molecule has 4 rings (SSSR count). The molecule has 0 amide bonds. The minimum Gasteiger partial charge on any atom is -0.405 e. The number of ether oxygens (including phenoxy) is 1. The number of H-pyrrole nitrogens is 1. The highest BCUT2D eigenvalue weighted by Gasteiger charge is 2.33. The zero-order valence-electron chi connectivity index (χ0n) is 17.7. The Morgan fingerprint density at radius 2 is 1.71 bits per heavy atom. The summed E-state index contributed by atoms with van der Waals surface area (Å²) in [5.41, 5.74) is 1.67. The Morgan fingerprint density at radius 3 is 2.37 bits per heavy atom. The number of benzene rings is 3. The molecule has 0 fully saturated rings. The topological polar surface area (TPSA) is 72.1 Å². The molecule has 0 unspecified atom stereocenters. The van der Waals surface area contributed by atoms with E-state index in [0.717, 1.165) is 11.6 Å². The van der Waals surface area contributed by atoms with Crippen LogP contribution in [0.1, 0.15) is 11.4 Å². The summed E-state index contributed by atoms with van der Waals surface area (Å²) >= 11 is 12.9. The highest BCUT2D eigenvalue weighted by Crippen LogP contribution is 2.44. The first-order chi connectivity index (χ1) is 16.5. The zero-order valence-corrected chi connectivity index (χ0v) is 20.0. The van der Waals surface area contributed by atoms with Gasteiger partial charge in [0.25, 0.3) is 0 Å². The number of hydrogen-bond donors (Lipinski definition) is 1. The van der Waals surface area contributed by atoms with Crippen LogP contribution in [0.3, 0.4) is 0 Å². The monoisotopic (exact) mass is 546 g/mol. The van der Waals surface area contributed by atoms with Crippen molar-refractivity contribution in [3.8, 4) is 16.9 Å². The van der Waals surface area contributed by atoms with Crippen molar-refractivity contribution in [3.63, 3.8) is 0 Å². The van der Waals surface area contributed by atoms with Crippen LogP contribution >= 0.6 is 23.2 Å². The van der Waals surface area contributed by atoms with Gasteiger partial charge in [-0.15, -0.1) is 13.2 Å². The van der Waals surface area contributed by atoms with Crippen molar-refractivity contribution in [1.29, 1.82) is 0 Å². The van der Waals surface area contributed by atoms with Gasteiger partial charge in [-0.1, -0.05) is 53.5 Å². The fourth-order valence-corrected chi connectivity index (χ4v) is 5.27. The lowest BCUT2D eigenvalue weighted by Gasteiger charge is -2.15. The predicted octanol–water partition coefficient (Wildman–Crippen LogP) is 6.77. The van der Waals surface area contributed by atoms with Crippen LogP contribution in [-0.2, 0) is 16.3 Å². The SMILES string of the molecule is O=S(=O)(CCF)c1ccc(Cc2nc3c(Cl)c(-c4ccccc4OC(F)(F)F)c(Cl)cc3[nH]2)cc1. The minimum atomic E-state index is -4.90. The summed E-state index contributed by atoms with van der Waals surface area (Å²) < 4.78 is 79.2. The molecule has 0 saturated carbocycles. The smallest absolute Gasteiger partial charge is 0.405 e. The first-order valence-electron chi connectivity index (χ1n) is 10.1. The second-order valence-corrected chi connectivity index (χ2v) is 10.4. The molecule has 0 atom stereocenters. The van der Waals surface area contributed by atoms with Crippen LogP contribution < -0.4 is 4.74 Å². The van der Waals surface area contributed by atoms with E-state index in [1.807, 2.05) is 0 Å². The normalized spacial score (nSPS) is 12.3. The molecular formula is C23H16Cl2F4N2O3S. The van der Waals surface area contributed by atoms with Gasteiger partial charge >= 0.3 is 6.36 Å². The van der Waals surface area contributed by atoms with E-state index < -0.39 is 34.4 Å². The fourth-order valence-electron chi connectivity index (χ4n) is 3.58. The molecule has 184 valence electrons. The van der Waals surface area contributed by atoms with Crippen LogP contribution in [0.4, 0.5) is 17.6 Å². The number of fused-ring (bicyclic) bond motifs is 1. The number of halogens is 6. The summed E-state index contributed by atoms with van der Waals surface area (Å²) in [5, 5.41) is 0.138. The van der Waals surface area contributed by atoms with Crippen LogP contribution in [-0.4, -0.2) is 37.2 Å². The van der Waals surface area contributed by atoms with Crippen LogP contribution in [0, 0.1) is 0 Å². The molecule has 1 aromatic heterocycles. The Balaban J connectivity index is 1.69. The average Bonchev–Trinajstić information content (AvgIpc) is 3.16. The van der Waals surface area contributed by atoms with E-state index in [0.29, 0.717) is 16.9 Å². The Kier molecular flexibility index (Phi) is 6.99. The Bertz CT molecular complexity index is 1490. The number of alkyl halides is 4. The van der Waals surface area contributed by atoms with Gasteiger partial charge in [-0.05, 0) is 29.8 Å². The van der Waals surface area contributed by atoms with E-state index in [9.17, 15) is 26.0 Å². The maximum atomic E-state index is 12.9. The summed E-state index contributed by atoms with van der Waals surface area (Å²) in [4.78, 5) is 7.54. The first-order valence-corrected chi connectivity index (χ1v) is 12.5. The van der Waals surface area contributed by atoms with Gasteiger partial charge in [-0.25, -0.2) is 17.8 Å². The fraction of sp³-hybridized carbons (Fsp3) is 0.174. The van der Waals surface area contributed by atoms with Gasteiger partial charge in [0, 0.05) is 17.5 Å². The van der Waals surface area contributed by atoms with Gasteiger partial charge in [-0.3, -0.25) is 0 Å². The van der Waals surface area contributed by atoms with E-state index in [1.165, 1.54) is 36.4 Å². The number of nitrogens with one attached hydrogen (secondary N) is 1. The third kappa shape index (κ3) is 5.55. The van der Waals surface area contributed by atoms with Crippen molar-refractivity contribution >= 4 is 44.1 Å². The maximum Gasteiger partial charge on any atom is 0.573 e. The average molecular weight is 547 g/mol. The quantitative estimate of drug-likeness (QED) is 0.259. The number of rotatable bonds is 7. The highest BCUT2D eigenvalue weighted by molar-refractivity contribution is 7.91. The van der Waals surface area contributed by atoms with Crippen molar-refractivity contribution in [3.05, 3.63) is 76.0 Å². The molecule has 0 saturated heterocycles. The number of hydrogen-bond acceptors (Lipinski definition) is 4. The number of aromatic nitrogens is 2. The molecule has 0 bridgehead atoms. The third-order valence-corrected chi connectivity index (χ3v) is 7.45. The maximum absolute atomic E-state index is 12.9. The van der Waals surface area contributed by atoms with E-state index in [4.69, 9.17) is 23.2 Å². The van der Waals surface area contributed by atoms with E-state index in [2.05, 4.69) is 14.7 Å². The van der Waals surface area contributed by atoms with Gasteiger partial charge in [0.05, 0.1) is 26.2 Å². The van der Waals surface area contributed by atoms with E-state index in [-0.39, 0.29) is 32.5 Å². The Morgan fingerprint density at radius 1 is 1.03 bits per heavy atom. The minimum absolute atomic E-state index is 0.0164. The van der Waals surface area contributed by atoms with Crippen molar-refractivity contribution in [1.82, 2.24) is 9.97 Å². The van der Waals surface area contributed by atoms with E-state index >= 15 is 0 Å². The lowest BCUT2D eigenvalue weighted by atomic mass is 10.0. The molecule has 35 heavy (non-hydrogen) atoms. The molecule has 0 aliphatic rings. The Hall–Kier alpha value is -2.82. The summed E-state index contributed by atoms with van der Waals surface area (Å²) in [7, 11) is -3.69. The van der Waals surface area contributed by atoms with Gasteiger partial charge in [0.1, 0.15) is 23.8 Å². The summed E-state index contributed by atoms with van der Waals surface area (Å²) in [6.07, 6.45) is -4.63. The molecule has 4 aromatic rings. The number of sulfone groups is 1. The summed E-state index contributed by atoms with van der Waals surface area (Å²) in [6.45, 7) is -0.971. The number of nitrogens with zero attached hydrogens (tertiary/aromatic N) is 1. The standard InChI is InChI=1S/C23H16Cl2F4N2O3S/c24-16-12-17-22(21(25)20(16)15-3-1-2-4-18(15)34-23(27,28)29)31-19(30-17)11-13-5-7-14(8-6-13)35(32,33)10-9-26/h1-8,12H,9-11H2,(H,30,31). The molecular weight excluding hydrogens is 531 g/mol. The summed E-state index contributed by atoms with van der Waals surface area (Å²) in [6, 6.07) is 13.0. The van der Waals surface area contributed by atoms with Crippen LogP contribution in [0.5, 0.6) is 5.75 Å². The second-order valence-electron chi connectivity index (χ2n) is 7.50. The first kappa shape index (κ1) is 25.3. The van der Waals surface area contributed by atoms with Crippen LogP contribution in [0.15, 0.2) is 59.5 Å². The third-order valence-electron chi connectivity index (χ3n) is 5.10. The van der Waals surface area contributed by atoms with E-state index in [1.54, 1.807) is 12.1 Å². The Labute approximate surface area is 207 Å². The van der Waals surface area contributed by atoms with Gasteiger partial charge < -0.3 is 9.72 Å². The molecule has 5 nitrogen and oxygen atoms in total. The number of imidazole rings is 1. The van der Waals surface area contributed by atoms with Crippen molar-refractivity contribution in [2.75, 3.05) is 12.4 Å². The molecule has 1 heterocycles. The second kappa shape index (κ2) is 9.67.